The normalized spacial score (nSPS) is 15.8. The lowest BCUT2D eigenvalue weighted by Gasteiger charge is -2.26. The van der Waals surface area contributed by atoms with Crippen molar-refractivity contribution in [1.82, 2.24) is 9.88 Å². The number of carbonyl (C=O) groups is 2. The van der Waals surface area contributed by atoms with E-state index in [-0.39, 0.29) is 23.8 Å². The maximum atomic E-state index is 12.7. The molecule has 1 unspecified atom stereocenters. The van der Waals surface area contributed by atoms with E-state index in [1.165, 1.54) is 11.3 Å². The molecule has 6 heteroatoms. The first-order chi connectivity index (χ1) is 11.2. The lowest BCUT2D eigenvalue weighted by atomic mass is 9.84. The van der Waals surface area contributed by atoms with E-state index in [1.54, 1.807) is 11.1 Å². The molecule has 0 aromatic carbocycles. The van der Waals surface area contributed by atoms with Crippen LogP contribution in [0, 0.1) is 17.3 Å². The van der Waals surface area contributed by atoms with E-state index in [0.717, 1.165) is 19.3 Å². The summed E-state index contributed by atoms with van der Waals surface area (Å²) in [4.78, 5) is 30.7. The molecular weight excluding hydrogens is 322 g/mol. The number of hydrogen-bond acceptors (Lipinski definition) is 4. The Bertz CT molecular complexity index is 547. The average molecular weight is 352 g/mol. The fraction of sp³-hybridized carbons (Fsp3) is 0.722. The third-order valence-electron chi connectivity index (χ3n) is 4.03. The van der Waals surface area contributed by atoms with Gasteiger partial charge in [-0.2, -0.15) is 0 Å². The van der Waals surface area contributed by atoms with Crippen LogP contribution in [0.3, 0.4) is 0 Å². The molecule has 0 bridgehead atoms. The smallest absolute Gasteiger partial charge is 0.245 e. The largest absolute Gasteiger partial charge is 0.333 e. The number of thiazole rings is 1. The highest BCUT2D eigenvalue weighted by Gasteiger charge is 2.29. The fourth-order valence-corrected chi connectivity index (χ4v) is 3.57. The molecule has 24 heavy (non-hydrogen) atoms. The third-order valence-corrected chi connectivity index (χ3v) is 4.71. The molecule has 1 aliphatic rings. The first-order valence-electron chi connectivity index (χ1n) is 8.70. The summed E-state index contributed by atoms with van der Waals surface area (Å²) >= 11 is 1.38. The van der Waals surface area contributed by atoms with Crippen LogP contribution in [0.4, 0.5) is 5.13 Å². The van der Waals surface area contributed by atoms with Crippen molar-refractivity contribution in [2.24, 2.45) is 17.3 Å². The van der Waals surface area contributed by atoms with Gasteiger partial charge in [0.25, 0.3) is 0 Å². The molecule has 1 aromatic rings. The molecule has 0 aliphatic heterocycles. The van der Waals surface area contributed by atoms with Gasteiger partial charge >= 0.3 is 0 Å². The van der Waals surface area contributed by atoms with Crippen molar-refractivity contribution in [1.29, 1.82) is 0 Å². The number of rotatable bonds is 8. The zero-order valence-electron chi connectivity index (χ0n) is 15.2. The van der Waals surface area contributed by atoms with Gasteiger partial charge in [0, 0.05) is 24.5 Å². The van der Waals surface area contributed by atoms with Gasteiger partial charge < -0.3 is 10.2 Å². The molecular formula is C18H29N3O2S. The van der Waals surface area contributed by atoms with Crippen molar-refractivity contribution in [2.75, 3.05) is 18.4 Å². The van der Waals surface area contributed by atoms with Crippen LogP contribution in [0.5, 0.6) is 0 Å². The lowest BCUT2D eigenvalue weighted by Crippen LogP contribution is -2.40. The third kappa shape index (κ3) is 6.99. The summed E-state index contributed by atoms with van der Waals surface area (Å²) in [5.41, 5.74) is 0.212. The number of carbonyl (C=O) groups excluding carboxylic acids is 2. The van der Waals surface area contributed by atoms with Crippen LogP contribution in [-0.2, 0) is 9.59 Å². The van der Waals surface area contributed by atoms with Crippen LogP contribution in [0.25, 0.3) is 0 Å². The van der Waals surface area contributed by atoms with Crippen molar-refractivity contribution in [3.8, 4) is 0 Å². The van der Waals surface area contributed by atoms with Gasteiger partial charge in [-0.05, 0) is 36.5 Å². The molecule has 1 atom stereocenters. The molecule has 0 spiro atoms. The van der Waals surface area contributed by atoms with Crippen molar-refractivity contribution < 1.29 is 9.59 Å². The van der Waals surface area contributed by atoms with Gasteiger partial charge in [-0.15, -0.1) is 11.3 Å². The molecule has 1 N–H and O–H groups in total. The van der Waals surface area contributed by atoms with Crippen molar-refractivity contribution >= 4 is 28.3 Å². The average Bonchev–Trinajstić information content (AvgIpc) is 3.10. The molecule has 2 rings (SSSR count). The Hall–Kier alpha value is -1.43. The maximum absolute atomic E-state index is 12.7. The van der Waals surface area contributed by atoms with E-state index in [2.05, 4.69) is 38.0 Å². The molecule has 1 fully saturated rings. The highest BCUT2D eigenvalue weighted by Crippen LogP contribution is 2.31. The molecule has 5 nitrogen and oxygen atoms in total. The van der Waals surface area contributed by atoms with Crippen molar-refractivity contribution in [3.63, 3.8) is 0 Å². The summed E-state index contributed by atoms with van der Waals surface area (Å²) < 4.78 is 0. The number of amides is 2. The van der Waals surface area contributed by atoms with Crippen LogP contribution in [0.15, 0.2) is 11.6 Å². The summed E-state index contributed by atoms with van der Waals surface area (Å²) in [7, 11) is 0. The van der Waals surface area contributed by atoms with Crippen LogP contribution < -0.4 is 5.32 Å². The van der Waals surface area contributed by atoms with Gasteiger partial charge in [-0.3, -0.25) is 9.59 Å². The van der Waals surface area contributed by atoms with Crippen LogP contribution in [-0.4, -0.2) is 34.8 Å². The topological polar surface area (TPSA) is 62.3 Å². The predicted octanol–water partition coefficient (Wildman–Crippen LogP) is 3.78. The zero-order valence-corrected chi connectivity index (χ0v) is 16.0. The van der Waals surface area contributed by atoms with E-state index in [4.69, 9.17) is 0 Å². The molecule has 0 saturated heterocycles. The molecule has 1 saturated carbocycles. The van der Waals surface area contributed by atoms with Gasteiger partial charge in [-0.1, -0.05) is 27.7 Å². The van der Waals surface area contributed by atoms with Gasteiger partial charge in [0.2, 0.25) is 11.8 Å². The van der Waals surface area contributed by atoms with Crippen LogP contribution in [0.2, 0.25) is 0 Å². The van der Waals surface area contributed by atoms with E-state index in [0.29, 0.717) is 29.9 Å². The van der Waals surface area contributed by atoms with Crippen LogP contribution in [0.1, 0.15) is 53.4 Å². The molecule has 0 radical (unpaired) electrons. The lowest BCUT2D eigenvalue weighted by molar-refractivity contribution is -0.135. The standard InChI is InChI=1S/C18H29N3O2S/c1-13(10-18(2,3)4)9-16(23)21(11-14-5-6-14)12-15(22)20-17-19-7-8-24-17/h7-8,13-14H,5-6,9-12H2,1-4H3,(H,19,20,22). The van der Waals surface area contributed by atoms with Crippen molar-refractivity contribution in [2.45, 2.75) is 53.4 Å². The second kappa shape index (κ2) is 8.10. The second-order valence-corrected chi connectivity index (χ2v) is 9.07. The Balaban J connectivity index is 1.88. The zero-order chi connectivity index (χ0) is 17.7. The molecule has 1 aliphatic carbocycles. The highest BCUT2D eigenvalue weighted by atomic mass is 32.1. The summed E-state index contributed by atoms with van der Waals surface area (Å²) in [6.07, 6.45) is 5.49. The summed E-state index contributed by atoms with van der Waals surface area (Å²) in [5, 5.41) is 5.17. The van der Waals surface area contributed by atoms with Crippen LogP contribution >= 0.6 is 11.3 Å². The van der Waals surface area contributed by atoms with E-state index < -0.39 is 0 Å². The van der Waals surface area contributed by atoms with E-state index >= 15 is 0 Å². The van der Waals surface area contributed by atoms with Gasteiger partial charge in [-0.25, -0.2) is 4.98 Å². The van der Waals surface area contributed by atoms with Gasteiger partial charge in [0.1, 0.15) is 0 Å². The molecule has 1 heterocycles. The second-order valence-electron chi connectivity index (χ2n) is 8.18. The minimum absolute atomic E-state index is 0.0907. The van der Waals surface area contributed by atoms with Gasteiger partial charge in [0.05, 0.1) is 6.54 Å². The number of aromatic nitrogens is 1. The quantitative estimate of drug-likeness (QED) is 0.775. The number of anilines is 1. The Kier molecular flexibility index (Phi) is 6.38. The van der Waals surface area contributed by atoms with E-state index in [1.807, 2.05) is 5.38 Å². The monoisotopic (exact) mass is 351 g/mol. The summed E-state index contributed by atoms with van der Waals surface area (Å²) in [6, 6.07) is 0. The fourth-order valence-electron chi connectivity index (χ4n) is 3.03. The summed E-state index contributed by atoms with van der Waals surface area (Å²) in [5.74, 6) is 0.816. The Labute approximate surface area is 148 Å². The number of nitrogens with one attached hydrogen (secondary N) is 1. The maximum Gasteiger partial charge on any atom is 0.245 e. The van der Waals surface area contributed by atoms with Gasteiger partial charge in [0.15, 0.2) is 5.13 Å². The highest BCUT2D eigenvalue weighted by molar-refractivity contribution is 7.13. The first-order valence-corrected chi connectivity index (χ1v) is 9.58. The molecule has 134 valence electrons. The number of hydrogen-bond donors (Lipinski definition) is 1. The number of nitrogens with zero attached hydrogens (tertiary/aromatic N) is 2. The summed E-state index contributed by atoms with van der Waals surface area (Å²) in [6.45, 7) is 9.52. The molecule has 2 amide bonds. The van der Waals surface area contributed by atoms with Crippen molar-refractivity contribution in [3.05, 3.63) is 11.6 Å². The Morgan fingerprint density at radius 3 is 2.67 bits per heavy atom. The Morgan fingerprint density at radius 1 is 1.42 bits per heavy atom. The minimum Gasteiger partial charge on any atom is -0.333 e. The SMILES string of the molecule is CC(CC(=O)N(CC(=O)Nc1nccs1)CC1CC1)CC(C)(C)C. The Morgan fingerprint density at radius 2 is 2.12 bits per heavy atom. The predicted molar refractivity (Wildman–Crippen MR) is 97.9 cm³/mol. The first kappa shape index (κ1) is 18.9. The van der Waals surface area contributed by atoms with E-state index in [9.17, 15) is 9.59 Å². The minimum atomic E-state index is -0.164. The molecule has 1 aromatic heterocycles.